The van der Waals surface area contributed by atoms with Crippen LogP contribution < -0.4 is 5.32 Å². The van der Waals surface area contributed by atoms with Crippen molar-refractivity contribution in [3.63, 3.8) is 0 Å². The number of carbonyl (C=O) groups excluding carboxylic acids is 2. The molecule has 0 aliphatic heterocycles. The summed E-state index contributed by atoms with van der Waals surface area (Å²) >= 11 is 0. The lowest BCUT2D eigenvalue weighted by atomic mass is 10.0. The standard InChI is InChI=1S/C85H165NO5/c1-3-5-7-9-11-13-15-17-19-21-23-24-35-38-42-45-49-53-57-61-65-69-73-77-83(88)82(81-87)86-84(89)78-74-70-66-62-58-54-50-46-43-39-36-33-31-29-27-25-26-28-30-32-34-37-40-44-48-52-56-60-64-68-72-76-80-91-85(90)79-75-71-67-63-59-55-51-47-41-22-20-18-16-14-12-10-8-6-4-2/h12,14,18,20,82-83,87-88H,3-11,13,15-17,19,21-81H2,1-2H3,(H,86,89)/b14-12-,20-18-. The molecule has 0 aliphatic rings. The predicted molar refractivity (Wildman–Crippen MR) is 403 cm³/mol. The maximum atomic E-state index is 12.6. The predicted octanol–water partition coefficient (Wildman–Crippen LogP) is 28.0. The molecule has 0 aromatic carbocycles. The number of carbonyl (C=O) groups is 2. The summed E-state index contributed by atoms with van der Waals surface area (Å²) < 4.78 is 5.52. The highest BCUT2D eigenvalue weighted by molar-refractivity contribution is 5.76. The van der Waals surface area contributed by atoms with Crippen molar-refractivity contribution in [3.05, 3.63) is 24.3 Å². The summed E-state index contributed by atoms with van der Waals surface area (Å²) in [6.45, 7) is 4.99. The van der Waals surface area contributed by atoms with E-state index in [0.717, 1.165) is 44.9 Å². The zero-order valence-electron chi connectivity index (χ0n) is 62.1. The lowest BCUT2D eigenvalue weighted by molar-refractivity contribution is -0.143. The third-order valence-corrected chi connectivity index (χ3v) is 20.0. The van der Waals surface area contributed by atoms with Gasteiger partial charge in [0.25, 0.3) is 0 Å². The van der Waals surface area contributed by atoms with Gasteiger partial charge in [0, 0.05) is 12.8 Å². The third-order valence-electron chi connectivity index (χ3n) is 20.0. The van der Waals surface area contributed by atoms with Crippen LogP contribution in [0.3, 0.4) is 0 Å². The van der Waals surface area contributed by atoms with Crippen molar-refractivity contribution in [1.82, 2.24) is 5.32 Å². The molecule has 2 atom stereocenters. The summed E-state index contributed by atoms with van der Waals surface area (Å²) in [6, 6.07) is -0.539. The molecule has 0 heterocycles. The van der Waals surface area contributed by atoms with Crippen LogP contribution in [0.1, 0.15) is 483 Å². The molecular formula is C85H165NO5. The Bertz CT molecular complexity index is 1430. The lowest BCUT2D eigenvalue weighted by Gasteiger charge is -2.22. The van der Waals surface area contributed by atoms with Crippen molar-refractivity contribution in [2.45, 2.75) is 495 Å². The zero-order chi connectivity index (χ0) is 65.6. The first-order chi connectivity index (χ1) is 45.0. The molecule has 6 heteroatoms. The van der Waals surface area contributed by atoms with Crippen LogP contribution in [0.25, 0.3) is 0 Å². The number of amides is 1. The number of aliphatic hydroxyl groups is 2. The molecule has 0 aliphatic carbocycles. The molecule has 0 aromatic heterocycles. The second kappa shape index (κ2) is 80.8. The van der Waals surface area contributed by atoms with Gasteiger partial charge >= 0.3 is 5.97 Å². The van der Waals surface area contributed by atoms with Gasteiger partial charge in [0.15, 0.2) is 0 Å². The quantitative estimate of drug-likeness (QED) is 0.0320. The summed E-state index contributed by atoms with van der Waals surface area (Å²) in [6.07, 6.45) is 104. The largest absolute Gasteiger partial charge is 0.466 e. The summed E-state index contributed by atoms with van der Waals surface area (Å²) in [5, 5.41) is 23.5. The van der Waals surface area contributed by atoms with Crippen molar-refractivity contribution < 1.29 is 24.5 Å². The van der Waals surface area contributed by atoms with Crippen LogP contribution in [0, 0.1) is 0 Å². The Morgan fingerprint density at radius 1 is 0.308 bits per heavy atom. The molecule has 1 amide bonds. The maximum absolute atomic E-state index is 12.6. The summed E-state index contributed by atoms with van der Waals surface area (Å²) in [5.41, 5.74) is 0. The third kappa shape index (κ3) is 77.2. The number of rotatable bonds is 80. The van der Waals surface area contributed by atoms with Gasteiger partial charge in [-0.15, -0.1) is 0 Å². The number of unbranched alkanes of at least 4 members (excludes halogenated alkanes) is 65. The number of allylic oxidation sites excluding steroid dienone is 4. The summed E-state index contributed by atoms with van der Waals surface area (Å²) in [4.78, 5) is 24.7. The molecule has 91 heavy (non-hydrogen) atoms. The van der Waals surface area contributed by atoms with E-state index in [1.54, 1.807) is 0 Å². The normalized spacial score (nSPS) is 12.5. The molecule has 0 rings (SSSR count). The molecule has 6 nitrogen and oxygen atoms in total. The molecule has 0 bridgehead atoms. The first kappa shape index (κ1) is 89.3. The summed E-state index contributed by atoms with van der Waals surface area (Å²) in [7, 11) is 0. The van der Waals surface area contributed by atoms with Crippen LogP contribution in [0.15, 0.2) is 24.3 Å². The van der Waals surface area contributed by atoms with Gasteiger partial charge < -0.3 is 20.3 Å². The monoisotopic (exact) mass is 1280 g/mol. The number of aliphatic hydroxyl groups excluding tert-OH is 2. The average molecular weight is 1280 g/mol. The number of ether oxygens (including phenoxy) is 1. The minimum Gasteiger partial charge on any atom is -0.466 e. The number of hydrogen-bond acceptors (Lipinski definition) is 5. The van der Waals surface area contributed by atoms with Crippen LogP contribution in [-0.4, -0.2) is 47.4 Å². The molecule has 0 spiro atoms. The average Bonchev–Trinajstić information content (AvgIpc) is 3.66. The van der Waals surface area contributed by atoms with E-state index in [2.05, 4.69) is 43.5 Å². The van der Waals surface area contributed by atoms with Crippen molar-refractivity contribution in [2.75, 3.05) is 13.2 Å². The fourth-order valence-corrected chi connectivity index (χ4v) is 13.6. The van der Waals surface area contributed by atoms with E-state index in [4.69, 9.17) is 4.74 Å². The smallest absolute Gasteiger partial charge is 0.305 e. The van der Waals surface area contributed by atoms with Crippen LogP contribution in [0.2, 0.25) is 0 Å². The van der Waals surface area contributed by atoms with E-state index < -0.39 is 12.1 Å². The van der Waals surface area contributed by atoms with E-state index in [1.807, 2.05) is 0 Å². The van der Waals surface area contributed by atoms with Gasteiger partial charge in [0.2, 0.25) is 5.91 Å². The first-order valence-electron chi connectivity index (χ1n) is 42.1. The highest BCUT2D eigenvalue weighted by Gasteiger charge is 2.20. The van der Waals surface area contributed by atoms with Crippen LogP contribution >= 0.6 is 0 Å². The fourth-order valence-electron chi connectivity index (χ4n) is 13.6. The van der Waals surface area contributed by atoms with Crippen molar-refractivity contribution in [2.24, 2.45) is 0 Å². The van der Waals surface area contributed by atoms with Gasteiger partial charge in [-0.2, -0.15) is 0 Å². The number of hydrogen-bond donors (Lipinski definition) is 3. The van der Waals surface area contributed by atoms with E-state index in [0.29, 0.717) is 25.9 Å². The Hall–Kier alpha value is -1.66. The highest BCUT2D eigenvalue weighted by Crippen LogP contribution is 2.21. The molecule has 540 valence electrons. The fraction of sp³-hybridized carbons (Fsp3) is 0.929. The molecule has 2 unspecified atom stereocenters. The molecule has 0 fully saturated rings. The topological polar surface area (TPSA) is 95.9 Å². The van der Waals surface area contributed by atoms with Crippen LogP contribution in [0.4, 0.5) is 0 Å². The van der Waals surface area contributed by atoms with Crippen molar-refractivity contribution in [3.8, 4) is 0 Å². The van der Waals surface area contributed by atoms with Gasteiger partial charge in [0.1, 0.15) is 0 Å². The van der Waals surface area contributed by atoms with Crippen molar-refractivity contribution in [1.29, 1.82) is 0 Å². The molecular weight excluding hydrogens is 1110 g/mol. The SMILES string of the molecule is CCCCC/C=C\C/C=C\CCCCCCCCCCCC(=O)OCCCCCCCCCCCCCCCCCCCCCCCCCCCCCCCCCCC(=O)NC(CO)C(O)CCCCCCCCCCCCCCCCCCCCCCCCC. The van der Waals surface area contributed by atoms with Crippen LogP contribution in [0.5, 0.6) is 0 Å². The second-order valence-corrected chi connectivity index (χ2v) is 29.2. The Labute approximate surface area is 571 Å². The van der Waals surface area contributed by atoms with E-state index >= 15 is 0 Å². The lowest BCUT2D eigenvalue weighted by Crippen LogP contribution is -2.45. The Balaban J connectivity index is 3.32. The van der Waals surface area contributed by atoms with E-state index in [9.17, 15) is 19.8 Å². The molecule has 3 N–H and O–H groups in total. The second-order valence-electron chi connectivity index (χ2n) is 29.2. The van der Waals surface area contributed by atoms with Gasteiger partial charge in [-0.3, -0.25) is 9.59 Å². The molecule has 0 radical (unpaired) electrons. The Morgan fingerprint density at radius 2 is 0.549 bits per heavy atom. The molecule has 0 saturated carbocycles. The minimum absolute atomic E-state index is 0.0187. The van der Waals surface area contributed by atoms with Gasteiger partial charge in [-0.05, 0) is 57.8 Å². The zero-order valence-corrected chi connectivity index (χ0v) is 62.1. The van der Waals surface area contributed by atoms with Crippen LogP contribution in [-0.2, 0) is 14.3 Å². The minimum atomic E-state index is -0.662. The number of esters is 1. The molecule has 0 saturated heterocycles. The Morgan fingerprint density at radius 3 is 0.857 bits per heavy atom. The Kier molecular flexibility index (Phi) is 79.3. The van der Waals surface area contributed by atoms with E-state index in [-0.39, 0.29) is 18.5 Å². The maximum Gasteiger partial charge on any atom is 0.305 e. The number of nitrogens with one attached hydrogen (secondary N) is 1. The summed E-state index contributed by atoms with van der Waals surface area (Å²) in [5.74, 6) is -0.00570. The van der Waals surface area contributed by atoms with Gasteiger partial charge in [-0.1, -0.05) is 436 Å². The first-order valence-corrected chi connectivity index (χ1v) is 42.1. The van der Waals surface area contributed by atoms with Crippen molar-refractivity contribution >= 4 is 11.9 Å². The van der Waals surface area contributed by atoms with E-state index in [1.165, 1.54) is 405 Å². The van der Waals surface area contributed by atoms with Gasteiger partial charge in [0.05, 0.1) is 25.4 Å². The highest BCUT2D eigenvalue weighted by atomic mass is 16.5. The van der Waals surface area contributed by atoms with Gasteiger partial charge in [-0.25, -0.2) is 0 Å². The molecule has 0 aromatic rings.